The fourth-order valence-corrected chi connectivity index (χ4v) is 3.20. The highest BCUT2D eigenvalue weighted by Crippen LogP contribution is 2.25. The second-order valence-corrected chi connectivity index (χ2v) is 7.11. The van der Waals surface area contributed by atoms with Gasteiger partial charge in [-0.15, -0.1) is 0 Å². The van der Waals surface area contributed by atoms with Gasteiger partial charge in [-0.05, 0) is 30.3 Å². The van der Waals surface area contributed by atoms with Crippen molar-refractivity contribution in [2.75, 3.05) is 18.5 Å². The zero-order chi connectivity index (χ0) is 23.3. The molecule has 1 amide bonds. The molecule has 1 aliphatic rings. The number of nitrogens with zero attached hydrogens (tertiary/aromatic N) is 2. The molecule has 1 aromatic carbocycles. The molecule has 0 aliphatic carbocycles. The first-order valence-corrected chi connectivity index (χ1v) is 9.67. The lowest BCUT2D eigenvalue weighted by atomic mass is 10.1. The molecule has 0 fully saturated rings. The summed E-state index contributed by atoms with van der Waals surface area (Å²) in [4.78, 5) is 30.9. The Morgan fingerprint density at radius 3 is 2.50 bits per heavy atom. The lowest BCUT2D eigenvalue weighted by Crippen LogP contribution is -2.31. The molecule has 0 atom stereocenters. The maximum atomic E-state index is 11.9. The van der Waals surface area contributed by atoms with Gasteiger partial charge in [-0.1, -0.05) is 18.2 Å². The van der Waals surface area contributed by atoms with Crippen LogP contribution in [0.25, 0.3) is 11.3 Å². The van der Waals surface area contributed by atoms with Crippen molar-refractivity contribution in [2.24, 2.45) is 0 Å². The number of rotatable bonds is 4. The number of aliphatic carboxylic acids is 1. The van der Waals surface area contributed by atoms with Crippen LogP contribution in [0.5, 0.6) is 0 Å². The van der Waals surface area contributed by atoms with E-state index in [0.717, 1.165) is 46.9 Å². The number of amides is 1. The van der Waals surface area contributed by atoms with Gasteiger partial charge in [0.2, 0.25) is 0 Å². The van der Waals surface area contributed by atoms with Gasteiger partial charge in [0.05, 0.1) is 17.8 Å². The minimum Gasteiger partial charge on any atom is -0.475 e. The first kappa shape index (κ1) is 22.9. The molecule has 0 saturated carbocycles. The van der Waals surface area contributed by atoms with E-state index in [-0.39, 0.29) is 5.91 Å². The highest BCUT2D eigenvalue weighted by Gasteiger charge is 2.38. The summed E-state index contributed by atoms with van der Waals surface area (Å²) in [6.07, 6.45) is -2.42. The monoisotopic (exact) mass is 446 g/mol. The number of aromatic nitrogens is 2. The Balaban J connectivity index is 0.000000360. The van der Waals surface area contributed by atoms with Gasteiger partial charge >= 0.3 is 12.1 Å². The molecule has 4 rings (SSSR count). The molecule has 3 aromatic rings. The predicted molar refractivity (Wildman–Crippen MR) is 112 cm³/mol. The highest BCUT2D eigenvalue weighted by atomic mass is 19.4. The third kappa shape index (κ3) is 5.65. The van der Waals surface area contributed by atoms with E-state index in [0.29, 0.717) is 6.54 Å². The molecular formula is C22H21F3N4O3. The smallest absolute Gasteiger partial charge is 0.475 e. The zero-order valence-electron chi connectivity index (χ0n) is 17.1. The molecule has 0 spiro atoms. The summed E-state index contributed by atoms with van der Waals surface area (Å²) in [5.74, 6) is -2.76. The number of carbonyl (C=O) groups excluding carboxylic acids is 1. The van der Waals surface area contributed by atoms with Crippen LogP contribution in [-0.4, -0.2) is 46.7 Å². The molecule has 3 heterocycles. The fraction of sp³-hybridized carbons (Fsp3) is 0.227. The van der Waals surface area contributed by atoms with Gasteiger partial charge in [-0.2, -0.15) is 13.2 Å². The number of hydrogen-bond acceptors (Lipinski definition) is 4. The number of carboxylic acid groups (broad SMARTS) is 1. The average Bonchev–Trinajstić information content (AvgIpc) is 3.20. The van der Waals surface area contributed by atoms with Gasteiger partial charge in [0.15, 0.2) is 0 Å². The van der Waals surface area contributed by atoms with Gasteiger partial charge in [0.1, 0.15) is 0 Å². The number of carbonyl (C=O) groups is 2. The van der Waals surface area contributed by atoms with Crippen LogP contribution in [-0.2, 0) is 17.8 Å². The maximum absolute atomic E-state index is 11.9. The van der Waals surface area contributed by atoms with Crippen LogP contribution in [0.4, 0.5) is 18.9 Å². The van der Waals surface area contributed by atoms with Crippen molar-refractivity contribution in [2.45, 2.75) is 19.1 Å². The van der Waals surface area contributed by atoms with Gasteiger partial charge in [0.25, 0.3) is 5.91 Å². The Labute approximate surface area is 181 Å². The number of alkyl halides is 3. The molecule has 0 saturated heterocycles. The Morgan fingerprint density at radius 1 is 1.19 bits per heavy atom. The maximum Gasteiger partial charge on any atom is 0.490 e. The molecule has 10 heteroatoms. The first-order valence-electron chi connectivity index (χ1n) is 9.67. The third-order valence-electron chi connectivity index (χ3n) is 4.77. The Bertz CT molecular complexity index is 1100. The van der Waals surface area contributed by atoms with Gasteiger partial charge in [0, 0.05) is 48.8 Å². The summed E-state index contributed by atoms with van der Waals surface area (Å²) < 4.78 is 31.7. The Hall–Kier alpha value is -3.82. The van der Waals surface area contributed by atoms with Gasteiger partial charge < -0.3 is 20.3 Å². The predicted octanol–water partition coefficient (Wildman–Crippen LogP) is 3.63. The number of fused-ring (bicyclic) bond motifs is 1. The molecule has 0 bridgehead atoms. The number of aromatic amines is 1. The zero-order valence-corrected chi connectivity index (χ0v) is 17.1. The molecule has 168 valence electrons. The first-order chi connectivity index (χ1) is 15.1. The van der Waals surface area contributed by atoms with Crippen LogP contribution in [0.1, 0.15) is 21.7 Å². The van der Waals surface area contributed by atoms with Crippen molar-refractivity contribution in [1.29, 1.82) is 0 Å². The largest absolute Gasteiger partial charge is 0.490 e. The highest BCUT2D eigenvalue weighted by molar-refractivity contribution is 5.97. The molecule has 2 aromatic heterocycles. The SMILES string of the molecule is CN(Cc1cc(-c2cc3c([nH]2)CCNC3=O)ccn1)c1ccccc1.O=C(O)C(F)(F)F. The summed E-state index contributed by atoms with van der Waals surface area (Å²) in [6, 6.07) is 16.2. The molecule has 32 heavy (non-hydrogen) atoms. The second-order valence-electron chi connectivity index (χ2n) is 7.11. The van der Waals surface area contributed by atoms with Crippen LogP contribution in [0, 0.1) is 0 Å². The number of hydrogen-bond donors (Lipinski definition) is 3. The summed E-state index contributed by atoms with van der Waals surface area (Å²) in [5, 5.41) is 10.0. The Morgan fingerprint density at radius 2 is 1.88 bits per heavy atom. The van der Waals surface area contributed by atoms with Crippen molar-refractivity contribution >= 4 is 17.6 Å². The average molecular weight is 446 g/mol. The van der Waals surface area contributed by atoms with Crippen LogP contribution >= 0.6 is 0 Å². The Kier molecular flexibility index (Phi) is 6.82. The minimum absolute atomic E-state index is 0.00170. The van der Waals surface area contributed by atoms with Crippen LogP contribution in [0.3, 0.4) is 0 Å². The van der Waals surface area contributed by atoms with E-state index < -0.39 is 12.1 Å². The van der Waals surface area contributed by atoms with E-state index in [2.05, 4.69) is 45.4 Å². The van der Waals surface area contributed by atoms with E-state index in [1.54, 1.807) is 0 Å². The molecule has 1 aliphatic heterocycles. The molecule has 0 unspecified atom stereocenters. The number of pyridine rings is 1. The topological polar surface area (TPSA) is 98.3 Å². The number of nitrogens with one attached hydrogen (secondary N) is 2. The minimum atomic E-state index is -5.08. The standard InChI is InChI=1S/C20H20N4O.C2HF3O2/c1-24(16-5-3-2-4-6-16)13-15-11-14(7-9-21-15)19-12-17-18(23-19)8-10-22-20(17)25;3-2(4,5)1(6)7/h2-7,9,11-12,23H,8,10,13H2,1H3,(H,22,25);(H,6,7). The van der Waals surface area contributed by atoms with Crippen LogP contribution in [0.2, 0.25) is 0 Å². The van der Waals surface area contributed by atoms with Crippen LogP contribution in [0.15, 0.2) is 54.7 Å². The second kappa shape index (κ2) is 9.54. The van der Waals surface area contributed by atoms with Crippen LogP contribution < -0.4 is 10.2 Å². The van der Waals surface area contributed by atoms with E-state index in [4.69, 9.17) is 9.90 Å². The van der Waals surface area contributed by atoms with E-state index >= 15 is 0 Å². The van der Waals surface area contributed by atoms with E-state index in [1.807, 2.05) is 36.5 Å². The quantitative estimate of drug-likeness (QED) is 0.569. The molecule has 3 N–H and O–H groups in total. The molecule has 0 radical (unpaired) electrons. The summed E-state index contributed by atoms with van der Waals surface area (Å²) >= 11 is 0. The molecular weight excluding hydrogens is 425 g/mol. The van der Waals surface area contributed by atoms with E-state index in [9.17, 15) is 18.0 Å². The number of benzene rings is 1. The normalized spacial score (nSPS) is 12.8. The number of carboxylic acids is 1. The van der Waals surface area contributed by atoms with Crippen molar-refractivity contribution in [3.63, 3.8) is 0 Å². The van der Waals surface area contributed by atoms with Crippen molar-refractivity contribution in [3.8, 4) is 11.3 Å². The number of para-hydroxylation sites is 1. The lowest BCUT2D eigenvalue weighted by molar-refractivity contribution is -0.192. The van der Waals surface area contributed by atoms with Crippen molar-refractivity contribution < 1.29 is 27.9 Å². The number of H-pyrrole nitrogens is 1. The number of anilines is 1. The molecule has 7 nitrogen and oxygen atoms in total. The summed E-state index contributed by atoms with van der Waals surface area (Å²) in [7, 11) is 2.06. The number of halogens is 3. The van der Waals surface area contributed by atoms with Gasteiger partial charge in [-0.25, -0.2) is 4.79 Å². The van der Waals surface area contributed by atoms with Crippen molar-refractivity contribution in [3.05, 3.63) is 71.7 Å². The lowest BCUT2D eigenvalue weighted by Gasteiger charge is -2.18. The summed E-state index contributed by atoms with van der Waals surface area (Å²) in [5.41, 5.74) is 5.92. The third-order valence-corrected chi connectivity index (χ3v) is 4.77. The van der Waals surface area contributed by atoms with Gasteiger partial charge in [-0.3, -0.25) is 9.78 Å². The fourth-order valence-electron chi connectivity index (χ4n) is 3.20. The van der Waals surface area contributed by atoms with E-state index in [1.165, 1.54) is 0 Å². The summed E-state index contributed by atoms with van der Waals surface area (Å²) in [6.45, 7) is 1.41. The van der Waals surface area contributed by atoms with Crippen molar-refractivity contribution in [1.82, 2.24) is 15.3 Å².